The Kier molecular flexibility index (Phi) is 9.07. The van der Waals surface area contributed by atoms with E-state index in [-0.39, 0.29) is 33.1 Å². The first kappa shape index (κ1) is 38.0. The van der Waals surface area contributed by atoms with Gasteiger partial charge in [0.2, 0.25) is 0 Å². The van der Waals surface area contributed by atoms with E-state index in [0.717, 1.165) is 18.5 Å². The van der Waals surface area contributed by atoms with Crippen molar-refractivity contribution in [3.05, 3.63) is 141 Å². The molecule has 1 atom stereocenters. The monoisotopic (exact) mass is 717 g/mol. The predicted octanol–water partition coefficient (Wildman–Crippen LogP) is 14.0. The van der Waals surface area contributed by atoms with Gasteiger partial charge in [0.05, 0.1) is 11.7 Å². The molecule has 4 aromatic rings. The molecule has 54 heavy (non-hydrogen) atoms. The van der Waals surface area contributed by atoms with Gasteiger partial charge in [-0.25, -0.2) is 0 Å². The van der Waals surface area contributed by atoms with Crippen molar-refractivity contribution in [2.24, 2.45) is 5.41 Å². The number of allylic oxidation sites excluding steroid dienone is 5. The van der Waals surface area contributed by atoms with Crippen LogP contribution in [0.1, 0.15) is 143 Å². The van der Waals surface area contributed by atoms with Gasteiger partial charge in [0.25, 0.3) is 0 Å². The number of H-pyrrole nitrogens is 1. The van der Waals surface area contributed by atoms with E-state index in [4.69, 9.17) is 0 Å². The van der Waals surface area contributed by atoms with Crippen molar-refractivity contribution in [1.29, 1.82) is 0 Å². The molecule has 2 nitrogen and oxygen atoms in total. The normalized spacial score (nSPS) is 18.8. The molecule has 3 aliphatic rings. The van der Waals surface area contributed by atoms with Gasteiger partial charge in [-0.15, -0.1) is 0 Å². The molecule has 2 heteroatoms. The third kappa shape index (κ3) is 6.91. The summed E-state index contributed by atoms with van der Waals surface area (Å²) < 4.78 is 0. The predicted molar refractivity (Wildman–Crippen MR) is 234 cm³/mol. The van der Waals surface area contributed by atoms with Crippen LogP contribution in [0.3, 0.4) is 0 Å². The average Bonchev–Trinajstić information content (AvgIpc) is 3.72. The molecule has 282 valence electrons. The second-order valence-electron chi connectivity index (χ2n) is 20.9. The van der Waals surface area contributed by atoms with Crippen LogP contribution in [0, 0.1) is 5.41 Å². The number of nitrogens with one attached hydrogen (secondary N) is 2. The fraction of sp³-hybridized carbons (Fsp3) is 0.423. The van der Waals surface area contributed by atoms with E-state index in [2.05, 4.69) is 198 Å². The summed E-state index contributed by atoms with van der Waals surface area (Å²) in [6, 6.07) is 28.3. The van der Waals surface area contributed by atoms with Gasteiger partial charge in [-0.1, -0.05) is 181 Å². The molecular weight excluding hydrogens is 653 g/mol. The number of fused-ring (bicyclic) bond motifs is 3. The van der Waals surface area contributed by atoms with Gasteiger partial charge < -0.3 is 10.3 Å². The Balaban J connectivity index is 1.46. The SMILES string of the molecule is CC(C)(C)C1=CC=C(C2C=C3C(=C(c4[nH]c(-c5ccc(C(C)(C)C)cc5)cc4-c4ccc(C(C)(C)C)cc4)C(C)(C)c4cc(C(C)(C)C)ccc43)N2)CC1. The zero-order chi connectivity index (χ0) is 39.2. The van der Waals surface area contributed by atoms with Crippen LogP contribution in [0.25, 0.3) is 33.5 Å². The summed E-state index contributed by atoms with van der Waals surface area (Å²) in [5, 5.41) is 4.16. The third-order valence-corrected chi connectivity index (χ3v) is 12.4. The van der Waals surface area contributed by atoms with E-state index >= 15 is 0 Å². The van der Waals surface area contributed by atoms with Gasteiger partial charge >= 0.3 is 0 Å². The first-order valence-electron chi connectivity index (χ1n) is 20.3. The third-order valence-electron chi connectivity index (χ3n) is 12.4. The van der Waals surface area contributed by atoms with Crippen LogP contribution in [-0.4, -0.2) is 11.0 Å². The lowest BCUT2D eigenvalue weighted by atomic mass is 9.66. The molecule has 2 heterocycles. The fourth-order valence-corrected chi connectivity index (χ4v) is 8.68. The molecule has 0 spiro atoms. The van der Waals surface area contributed by atoms with Crippen molar-refractivity contribution in [1.82, 2.24) is 10.3 Å². The van der Waals surface area contributed by atoms with Gasteiger partial charge in [-0.2, -0.15) is 0 Å². The maximum Gasteiger partial charge on any atom is 0.0671 e. The standard InChI is InChI=1S/C52H64N2/c1-48(2,3)35-21-15-32(16-22-35)40-30-43(33-17-23-36(24-18-33)49(4,5)6)53-46(40)45-47-41(31-44(54-47)34-19-25-37(26-20-34)50(7,8)9)39-28-27-38(51(10,11)12)29-42(39)52(45,13)14/h15-19,21-25,27-31,44,53-54H,20,26H2,1-14H3. The van der Waals surface area contributed by atoms with Crippen molar-refractivity contribution < 1.29 is 0 Å². The maximum atomic E-state index is 4.16. The van der Waals surface area contributed by atoms with Gasteiger partial charge in [-0.3, -0.25) is 0 Å². The zero-order valence-corrected chi connectivity index (χ0v) is 35.7. The second-order valence-corrected chi connectivity index (χ2v) is 20.9. The molecular formula is C52H64N2. The molecule has 2 aliphatic carbocycles. The highest BCUT2D eigenvalue weighted by Crippen LogP contribution is 2.54. The van der Waals surface area contributed by atoms with Crippen molar-refractivity contribution >= 4 is 11.1 Å². The lowest BCUT2D eigenvalue weighted by Crippen LogP contribution is -2.32. The number of rotatable bonds is 4. The highest BCUT2D eigenvalue weighted by molar-refractivity contribution is 6.01. The topological polar surface area (TPSA) is 27.8 Å². The smallest absolute Gasteiger partial charge is 0.0671 e. The molecule has 0 saturated heterocycles. The summed E-state index contributed by atoms with van der Waals surface area (Å²) in [5.74, 6) is 0. The molecule has 7 rings (SSSR count). The number of hydrogen-bond donors (Lipinski definition) is 2. The number of benzene rings is 3. The number of hydrogen-bond acceptors (Lipinski definition) is 1. The van der Waals surface area contributed by atoms with E-state index in [9.17, 15) is 0 Å². The minimum Gasteiger partial charge on any atom is -0.374 e. The quantitative estimate of drug-likeness (QED) is 0.216. The molecule has 3 aromatic carbocycles. The first-order chi connectivity index (χ1) is 25.0. The van der Waals surface area contributed by atoms with Crippen LogP contribution < -0.4 is 5.32 Å². The van der Waals surface area contributed by atoms with Crippen LogP contribution in [0.2, 0.25) is 0 Å². The minimum absolute atomic E-state index is 0.0445. The van der Waals surface area contributed by atoms with Crippen LogP contribution in [-0.2, 0) is 21.7 Å². The van der Waals surface area contributed by atoms with E-state index < -0.39 is 0 Å². The van der Waals surface area contributed by atoms with Crippen molar-refractivity contribution in [2.75, 3.05) is 0 Å². The lowest BCUT2D eigenvalue weighted by molar-refractivity contribution is 0.477. The molecule has 0 fully saturated rings. The summed E-state index contributed by atoms with van der Waals surface area (Å²) in [6.07, 6.45) is 9.51. The molecule has 1 unspecified atom stereocenters. The molecule has 2 N–H and O–H groups in total. The molecule has 1 aliphatic heterocycles. The Bertz CT molecular complexity index is 2210. The molecule has 0 bridgehead atoms. The molecule has 0 saturated carbocycles. The second kappa shape index (κ2) is 12.9. The minimum atomic E-state index is -0.288. The largest absolute Gasteiger partial charge is 0.374 e. The van der Waals surface area contributed by atoms with E-state index in [1.807, 2.05) is 0 Å². The fourth-order valence-electron chi connectivity index (χ4n) is 8.68. The highest BCUT2D eigenvalue weighted by atomic mass is 15.0. The summed E-state index contributed by atoms with van der Waals surface area (Å²) in [4.78, 5) is 4.08. The summed E-state index contributed by atoms with van der Waals surface area (Å²) in [6.45, 7) is 32.6. The highest BCUT2D eigenvalue weighted by Gasteiger charge is 2.43. The van der Waals surface area contributed by atoms with Crippen LogP contribution in [0.5, 0.6) is 0 Å². The van der Waals surface area contributed by atoms with Crippen LogP contribution in [0.15, 0.2) is 108 Å². The van der Waals surface area contributed by atoms with Gasteiger partial charge in [0, 0.05) is 33.5 Å². The van der Waals surface area contributed by atoms with Crippen LogP contribution in [0.4, 0.5) is 0 Å². The molecule has 0 radical (unpaired) electrons. The van der Waals surface area contributed by atoms with E-state index in [0.29, 0.717) is 0 Å². The van der Waals surface area contributed by atoms with Crippen LogP contribution >= 0.6 is 0 Å². The Morgan fingerprint density at radius 2 is 1.13 bits per heavy atom. The number of aromatic amines is 1. The molecule has 0 amide bonds. The maximum absolute atomic E-state index is 4.16. The van der Waals surface area contributed by atoms with Crippen molar-refractivity contribution in [2.45, 2.75) is 137 Å². The number of aromatic nitrogens is 1. The zero-order valence-electron chi connectivity index (χ0n) is 35.7. The summed E-state index contributed by atoms with van der Waals surface area (Å²) in [7, 11) is 0. The lowest BCUT2D eigenvalue weighted by Gasteiger charge is -2.39. The Labute approximate surface area is 327 Å². The first-order valence-corrected chi connectivity index (χ1v) is 20.3. The Morgan fingerprint density at radius 3 is 1.65 bits per heavy atom. The van der Waals surface area contributed by atoms with Gasteiger partial charge in [-0.05, 0) is 91.2 Å². The Morgan fingerprint density at radius 1 is 0.574 bits per heavy atom. The summed E-state index contributed by atoms with van der Waals surface area (Å²) >= 11 is 0. The van der Waals surface area contributed by atoms with Crippen molar-refractivity contribution in [3.63, 3.8) is 0 Å². The Hall–Kier alpha value is -4.30. The summed E-state index contributed by atoms with van der Waals surface area (Å²) in [5.41, 5.74) is 19.9. The van der Waals surface area contributed by atoms with Gasteiger partial charge in [0.15, 0.2) is 0 Å². The van der Waals surface area contributed by atoms with Gasteiger partial charge in [0.1, 0.15) is 0 Å². The average molecular weight is 717 g/mol. The van der Waals surface area contributed by atoms with E-state index in [1.165, 1.54) is 78.2 Å². The molecule has 1 aromatic heterocycles. The van der Waals surface area contributed by atoms with Crippen molar-refractivity contribution in [3.8, 4) is 22.4 Å². The van der Waals surface area contributed by atoms with E-state index in [1.54, 1.807) is 0 Å².